The highest BCUT2D eigenvalue weighted by Crippen LogP contribution is 2.30. The van der Waals surface area contributed by atoms with Gasteiger partial charge in [-0.1, -0.05) is 36.4 Å². The lowest BCUT2D eigenvalue weighted by Gasteiger charge is -2.08. The van der Waals surface area contributed by atoms with E-state index in [2.05, 4.69) is 11.6 Å². The standard InChI is InChI=1S/C13H11ClF3N/c1-3-10(8-18-9(2)14)11-5-4-6-12(7-11)13(15,16)17/h3-8H,2H2,1H3/b10-3+,18-8-. The molecule has 5 heteroatoms. The summed E-state index contributed by atoms with van der Waals surface area (Å²) in [5.74, 6) is 0. The normalized spacial score (nSPS) is 13.1. The molecular weight excluding hydrogens is 263 g/mol. The molecule has 1 aromatic carbocycles. The monoisotopic (exact) mass is 273 g/mol. The first kappa shape index (κ1) is 14.5. The van der Waals surface area contributed by atoms with Crippen molar-refractivity contribution in [1.82, 2.24) is 0 Å². The average Bonchev–Trinajstić information content (AvgIpc) is 2.29. The van der Waals surface area contributed by atoms with Crippen LogP contribution in [0.5, 0.6) is 0 Å². The Balaban J connectivity index is 3.13. The first-order chi connectivity index (χ1) is 8.34. The van der Waals surface area contributed by atoms with Crippen LogP contribution in [0.4, 0.5) is 13.2 Å². The number of rotatable bonds is 3. The number of benzene rings is 1. The molecule has 1 aromatic rings. The SMILES string of the molecule is C=C(Cl)/N=C\C(=C/C)c1cccc(C(F)(F)F)c1. The van der Waals surface area contributed by atoms with Gasteiger partial charge in [-0.3, -0.25) is 0 Å². The summed E-state index contributed by atoms with van der Waals surface area (Å²) in [5.41, 5.74) is 0.273. The van der Waals surface area contributed by atoms with Crippen molar-refractivity contribution >= 4 is 23.4 Å². The maximum Gasteiger partial charge on any atom is 0.416 e. The van der Waals surface area contributed by atoms with Crippen molar-refractivity contribution < 1.29 is 13.2 Å². The van der Waals surface area contributed by atoms with Gasteiger partial charge in [-0.2, -0.15) is 13.2 Å². The highest BCUT2D eigenvalue weighted by atomic mass is 35.5. The molecule has 1 rings (SSSR count). The highest BCUT2D eigenvalue weighted by Gasteiger charge is 2.30. The van der Waals surface area contributed by atoms with Crippen LogP contribution in [0.1, 0.15) is 18.1 Å². The number of nitrogens with zero attached hydrogens (tertiary/aromatic N) is 1. The van der Waals surface area contributed by atoms with E-state index >= 15 is 0 Å². The van der Waals surface area contributed by atoms with Crippen molar-refractivity contribution in [3.05, 3.63) is 53.2 Å². The first-order valence-corrected chi connectivity index (χ1v) is 5.45. The zero-order valence-corrected chi connectivity index (χ0v) is 10.4. The minimum atomic E-state index is -4.36. The van der Waals surface area contributed by atoms with E-state index in [1.165, 1.54) is 12.3 Å². The Labute approximate surface area is 108 Å². The van der Waals surface area contributed by atoms with Gasteiger partial charge < -0.3 is 0 Å². The quantitative estimate of drug-likeness (QED) is 0.549. The van der Waals surface area contributed by atoms with Crippen molar-refractivity contribution in [1.29, 1.82) is 0 Å². The number of allylic oxidation sites excluding steroid dienone is 2. The maximum atomic E-state index is 12.6. The van der Waals surface area contributed by atoms with E-state index in [9.17, 15) is 13.2 Å². The minimum Gasteiger partial charge on any atom is -0.245 e. The zero-order chi connectivity index (χ0) is 13.8. The fourth-order valence-corrected chi connectivity index (χ4v) is 1.38. The summed E-state index contributed by atoms with van der Waals surface area (Å²) in [6, 6.07) is 5.02. The van der Waals surface area contributed by atoms with E-state index in [1.807, 2.05) is 0 Å². The minimum absolute atomic E-state index is 0.0707. The fourth-order valence-electron chi connectivity index (χ4n) is 1.33. The van der Waals surface area contributed by atoms with E-state index in [4.69, 9.17) is 11.6 Å². The van der Waals surface area contributed by atoms with Crippen molar-refractivity contribution in [2.75, 3.05) is 0 Å². The van der Waals surface area contributed by atoms with Gasteiger partial charge in [-0.25, -0.2) is 4.99 Å². The molecule has 0 saturated heterocycles. The second-order valence-electron chi connectivity index (χ2n) is 3.46. The first-order valence-electron chi connectivity index (χ1n) is 5.07. The molecular formula is C13H11ClF3N. The predicted molar refractivity (Wildman–Crippen MR) is 68.6 cm³/mol. The summed E-state index contributed by atoms with van der Waals surface area (Å²) in [7, 11) is 0. The molecule has 0 aliphatic heterocycles. The Morgan fingerprint density at radius 2 is 2.06 bits per heavy atom. The van der Waals surface area contributed by atoms with Gasteiger partial charge in [0.2, 0.25) is 0 Å². The summed E-state index contributed by atoms with van der Waals surface area (Å²) < 4.78 is 37.7. The second kappa shape index (κ2) is 5.87. The third kappa shape index (κ3) is 4.04. The van der Waals surface area contributed by atoms with Gasteiger partial charge in [-0.05, 0) is 30.2 Å². The van der Waals surface area contributed by atoms with Crippen LogP contribution in [0.25, 0.3) is 5.57 Å². The molecule has 0 amide bonds. The molecule has 0 unspecified atom stereocenters. The molecule has 18 heavy (non-hydrogen) atoms. The topological polar surface area (TPSA) is 12.4 Å². The third-order valence-corrected chi connectivity index (χ3v) is 2.28. The lowest BCUT2D eigenvalue weighted by atomic mass is 10.0. The van der Waals surface area contributed by atoms with Crippen molar-refractivity contribution in [3.8, 4) is 0 Å². The molecule has 0 heterocycles. The van der Waals surface area contributed by atoms with Crippen LogP contribution in [0.2, 0.25) is 0 Å². The fraction of sp³-hybridized carbons (Fsp3) is 0.154. The van der Waals surface area contributed by atoms with Gasteiger partial charge in [0.15, 0.2) is 0 Å². The lowest BCUT2D eigenvalue weighted by molar-refractivity contribution is -0.137. The summed E-state index contributed by atoms with van der Waals surface area (Å²) in [6.07, 6.45) is -1.33. The van der Waals surface area contributed by atoms with Crippen LogP contribution in [-0.4, -0.2) is 6.21 Å². The number of hydrogen-bond donors (Lipinski definition) is 0. The zero-order valence-electron chi connectivity index (χ0n) is 9.63. The van der Waals surface area contributed by atoms with Crippen molar-refractivity contribution in [2.45, 2.75) is 13.1 Å². The Bertz CT molecular complexity index is 501. The molecule has 0 spiro atoms. The van der Waals surface area contributed by atoms with Gasteiger partial charge in [0, 0.05) is 6.21 Å². The molecule has 0 aliphatic rings. The molecule has 0 bridgehead atoms. The van der Waals surface area contributed by atoms with Crippen molar-refractivity contribution in [2.24, 2.45) is 4.99 Å². The van der Waals surface area contributed by atoms with Gasteiger partial charge in [0.05, 0.1) is 5.56 Å². The Kier molecular flexibility index (Phi) is 4.73. The molecule has 0 aliphatic carbocycles. The summed E-state index contributed by atoms with van der Waals surface area (Å²) in [6.45, 7) is 5.08. The van der Waals surface area contributed by atoms with Gasteiger partial charge >= 0.3 is 6.18 Å². The summed E-state index contributed by atoms with van der Waals surface area (Å²) >= 11 is 5.47. The van der Waals surface area contributed by atoms with Crippen LogP contribution in [-0.2, 0) is 6.18 Å². The molecule has 0 aromatic heterocycles. The Morgan fingerprint density at radius 3 is 2.56 bits per heavy atom. The molecule has 0 fully saturated rings. The van der Waals surface area contributed by atoms with Crippen LogP contribution < -0.4 is 0 Å². The lowest BCUT2D eigenvalue weighted by Crippen LogP contribution is -2.05. The smallest absolute Gasteiger partial charge is 0.245 e. The largest absolute Gasteiger partial charge is 0.416 e. The van der Waals surface area contributed by atoms with Gasteiger partial charge in [-0.15, -0.1) is 0 Å². The molecule has 96 valence electrons. The average molecular weight is 274 g/mol. The van der Waals surface area contributed by atoms with Crippen LogP contribution in [0.3, 0.4) is 0 Å². The molecule has 0 radical (unpaired) electrons. The van der Waals surface area contributed by atoms with Crippen LogP contribution in [0, 0.1) is 0 Å². The molecule has 0 atom stereocenters. The summed E-state index contributed by atoms with van der Waals surface area (Å²) in [5, 5.41) is 0.0707. The molecule has 0 N–H and O–H groups in total. The Hall–Kier alpha value is -1.55. The van der Waals surface area contributed by atoms with Gasteiger partial charge in [0.25, 0.3) is 0 Å². The Morgan fingerprint density at radius 1 is 1.39 bits per heavy atom. The molecule has 0 saturated carbocycles. The van der Waals surface area contributed by atoms with E-state index in [0.717, 1.165) is 12.1 Å². The predicted octanol–water partition coefficient (Wildman–Crippen LogP) is 4.89. The van der Waals surface area contributed by atoms with Crippen LogP contribution >= 0.6 is 11.6 Å². The number of halogens is 4. The second-order valence-corrected chi connectivity index (χ2v) is 3.89. The van der Waals surface area contributed by atoms with Crippen molar-refractivity contribution in [3.63, 3.8) is 0 Å². The van der Waals surface area contributed by atoms with E-state index in [0.29, 0.717) is 11.1 Å². The number of alkyl halides is 3. The summed E-state index contributed by atoms with van der Waals surface area (Å²) in [4.78, 5) is 3.76. The van der Waals surface area contributed by atoms with Crippen LogP contribution in [0.15, 0.2) is 47.1 Å². The van der Waals surface area contributed by atoms with E-state index in [1.54, 1.807) is 19.1 Å². The maximum absolute atomic E-state index is 12.6. The van der Waals surface area contributed by atoms with E-state index in [-0.39, 0.29) is 5.16 Å². The third-order valence-electron chi connectivity index (χ3n) is 2.18. The number of hydrogen-bond acceptors (Lipinski definition) is 1. The van der Waals surface area contributed by atoms with Gasteiger partial charge in [0.1, 0.15) is 5.16 Å². The highest BCUT2D eigenvalue weighted by molar-refractivity contribution is 6.30. The number of aliphatic imine (C=N–C) groups is 1. The van der Waals surface area contributed by atoms with E-state index < -0.39 is 11.7 Å². The molecule has 1 nitrogen and oxygen atoms in total.